The zero-order chi connectivity index (χ0) is 14.6. The van der Waals surface area contributed by atoms with Crippen LogP contribution in [-0.4, -0.2) is 54.4 Å². The van der Waals surface area contributed by atoms with Gasteiger partial charge in [-0.1, -0.05) is 13.8 Å². The Morgan fingerprint density at radius 3 is 2.63 bits per heavy atom. The van der Waals surface area contributed by atoms with Gasteiger partial charge in [0.1, 0.15) is 5.41 Å². The summed E-state index contributed by atoms with van der Waals surface area (Å²) in [5.41, 5.74) is -1.05. The lowest BCUT2D eigenvalue weighted by atomic mass is 9.85. The van der Waals surface area contributed by atoms with Crippen molar-refractivity contribution in [3.63, 3.8) is 0 Å². The summed E-state index contributed by atoms with van der Waals surface area (Å²) in [6.07, 6.45) is 0. The molecule has 6 heteroatoms. The van der Waals surface area contributed by atoms with E-state index < -0.39 is 17.4 Å². The Bertz CT molecular complexity index is 346. The van der Waals surface area contributed by atoms with E-state index in [4.69, 9.17) is 4.74 Å². The Morgan fingerprint density at radius 1 is 1.53 bits per heavy atom. The van der Waals surface area contributed by atoms with Crippen molar-refractivity contribution in [2.45, 2.75) is 33.7 Å². The number of nitrogens with zero attached hydrogens (tertiary/aromatic N) is 1. The van der Waals surface area contributed by atoms with Crippen LogP contribution in [0.4, 0.5) is 4.79 Å². The number of aliphatic carboxylic acids is 1. The SMILES string of the molecule is CCN(CC(C)C)C(=O)NC1COCC1(C)C(=O)O. The predicted molar refractivity (Wildman–Crippen MR) is 71.0 cm³/mol. The number of carboxylic acid groups (broad SMARTS) is 1. The van der Waals surface area contributed by atoms with Gasteiger partial charge in [-0.05, 0) is 19.8 Å². The lowest BCUT2D eigenvalue weighted by Crippen LogP contribution is -2.53. The molecule has 2 amide bonds. The summed E-state index contributed by atoms with van der Waals surface area (Å²) >= 11 is 0. The van der Waals surface area contributed by atoms with Gasteiger partial charge in [0.05, 0.1) is 19.3 Å². The van der Waals surface area contributed by atoms with Crippen molar-refractivity contribution in [1.29, 1.82) is 0 Å². The highest BCUT2D eigenvalue weighted by Crippen LogP contribution is 2.28. The molecule has 0 aromatic heterocycles. The van der Waals surface area contributed by atoms with E-state index >= 15 is 0 Å². The first-order chi connectivity index (χ1) is 8.81. The average molecular weight is 272 g/mol. The van der Waals surface area contributed by atoms with Gasteiger partial charge in [-0.25, -0.2) is 4.79 Å². The van der Waals surface area contributed by atoms with Gasteiger partial charge in [0, 0.05) is 13.1 Å². The smallest absolute Gasteiger partial charge is 0.317 e. The lowest BCUT2D eigenvalue weighted by molar-refractivity contribution is -0.148. The zero-order valence-corrected chi connectivity index (χ0v) is 12.1. The average Bonchev–Trinajstić information content (AvgIpc) is 2.69. The Labute approximate surface area is 114 Å². The minimum absolute atomic E-state index is 0.129. The van der Waals surface area contributed by atoms with Crippen LogP contribution < -0.4 is 5.32 Å². The molecule has 0 radical (unpaired) electrons. The largest absolute Gasteiger partial charge is 0.481 e. The molecule has 2 N–H and O–H groups in total. The lowest BCUT2D eigenvalue weighted by Gasteiger charge is -2.29. The Hall–Kier alpha value is -1.30. The second kappa shape index (κ2) is 6.23. The molecule has 1 aliphatic rings. The van der Waals surface area contributed by atoms with E-state index in [9.17, 15) is 14.7 Å². The number of nitrogens with one attached hydrogen (secondary N) is 1. The van der Waals surface area contributed by atoms with Crippen LogP contribution >= 0.6 is 0 Å². The first-order valence-corrected chi connectivity index (χ1v) is 6.67. The molecular formula is C13H24N2O4. The highest BCUT2D eigenvalue weighted by molar-refractivity contribution is 5.79. The van der Waals surface area contributed by atoms with Crippen molar-refractivity contribution >= 4 is 12.0 Å². The number of carbonyl (C=O) groups is 2. The summed E-state index contributed by atoms with van der Waals surface area (Å²) in [4.78, 5) is 25.1. The number of hydrogen-bond donors (Lipinski definition) is 2. The number of carbonyl (C=O) groups excluding carboxylic acids is 1. The minimum atomic E-state index is -1.05. The molecule has 19 heavy (non-hydrogen) atoms. The first-order valence-electron chi connectivity index (χ1n) is 6.67. The quantitative estimate of drug-likeness (QED) is 0.787. The number of ether oxygens (including phenoxy) is 1. The Morgan fingerprint density at radius 2 is 2.16 bits per heavy atom. The maximum absolute atomic E-state index is 12.1. The fourth-order valence-electron chi connectivity index (χ4n) is 2.12. The van der Waals surface area contributed by atoms with E-state index in [1.807, 2.05) is 20.8 Å². The van der Waals surface area contributed by atoms with Gasteiger partial charge in [0.2, 0.25) is 0 Å². The molecule has 0 bridgehead atoms. The predicted octanol–water partition coefficient (Wildman–Crippen LogP) is 1.16. The van der Waals surface area contributed by atoms with Crippen LogP contribution in [0.25, 0.3) is 0 Å². The van der Waals surface area contributed by atoms with Gasteiger partial charge < -0.3 is 20.1 Å². The first kappa shape index (κ1) is 15.8. The molecule has 6 nitrogen and oxygen atoms in total. The van der Waals surface area contributed by atoms with Crippen molar-refractivity contribution < 1.29 is 19.4 Å². The van der Waals surface area contributed by atoms with Gasteiger partial charge in [-0.15, -0.1) is 0 Å². The standard InChI is InChI=1S/C13H24N2O4/c1-5-15(6-9(2)3)12(18)14-10-7-19-8-13(10,4)11(16)17/h9-10H,5-8H2,1-4H3,(H,14,18)(H,16,17). The molecular weight excluding hydrogens is 248 g/mol. The summed E-state index contributed by atoms with van der Waals surface area (Å²) in [6.45, 7) is 9.21. The second-order valence-electron chi connectivity index (χ2n) is 5.67. The van der Waals surface area contributed by atoms with Gasteiger partial charge in [-0.2, -0.15) is 0 Å². The highest BCUT2D eigenvalue weighted by Gasteiger charge is 2.47. The van der Waals surface area contributed by atoms with Gasteiger partial charge in [-0.3, -0.25) is 4.79 Å². The number of carboxylic acids is 1. The molecule has 110 valence electrons. The molecule has 1 fully saturated rings. The van der Waals surface area contributed by atoms with Crippen molar-refractivity contribution in [2.75, 3.05) is 26.3 Å². The van der Waals surface area contributed by atoms with Crippen LogP contribution in [0.2, 0.25) is 0 Å². The molecule has 0 spiro atoms. The third-order valence-electron chi connectivity index (χ3n) is 3.50. The van der Waals surface area contributed by atoms with Crippen LogP contribution in [-0.2, 0) is 9.53 Å². The van der Waals surface area contributed by atoms with E-state index in [-0.39, 0.29) is 19.2 Å². The molecule has 2 atom stereocenters. The van der Waals surface area contributed by atoms with Crippen molar-refractivity contribution in [3.05, 3.63) is 0 Å². The third kappa shape index (κ3) is 3.59. The number of rotatable bonds is 5. The summed E-state index contributed by atoms with van der Waals surface area (Å²) in [6, 6.07) is -0.710. The van der Waals surface area contributed by atoms with E-state index in [2.05, 4.69) is 5.32 Å². The summed E-state index contributed by atoms with van der Waals surface area (Å²) < 4.78 is 5.22. The summed E-state index contributed by atoms with van der Waals surface area (Å²) in [7, 11) is 0. The van der Waals surface area contributed by atoms with Crippen LogP contribution in [0.5, 0.6) is 0 Å². The Kier molecular flexibility index (Phi) is 5.17. The van der Waals surface area contributed by atoms with Crippen LogP contribution in [0.15, 0.2) is 0 Å². The van der Waals surface area contributed by atoms with Crippen molar-refractivity contribution in [2.24, 2.45) is 11.3 Å². The molecule has 0 aliphatic carbocycles. The summed E-state index contributed by atoms with van der Waals surface area (Å²) in [5, 5.41) is 12.0. The maximum Gasteiger partial charge on any atom is 0.317 e. The van der Waals surface area contributed by atoms with Gasteiger partial charge >= 0.3 is 12.0 Å². The molecule has 1 heterocycles. The molecule has 1 rings (SSSR count). The number of urea groups is 1. The van der Waals surface area contributed by atoms with E-state index in [1.165, 1.54) is 0 Å². The van der Waals surface area contributed by atoms with Crippen LogP contribution in [0, 0.1) is 11.3 Å². The molecule has 1 aliphatic heterocycles. The molecule has 2 unspecified atom stereocenters. The highest BCUT2D eigenvalue weighted by atomic mass is 16.5. The van der Waals surface area contributed by atoms with Gasteiger partial charge in [0.15, 0.2) is 0 Å². The van der Waals surface area contributed by atoms with E-state index in [0.29, 0.717) is 19.0 Å². The fraction of sp³-hybridized carbons (Fsp3) is 0.846. The molecule has 0 aromatic carbocycles. The van der Waals surface area contributed by atoms with Crippen LogP contribution in [0.3, 0.4) is 0 Å². The van der Waals surface area contributed by atoms with E-state index in [0.717, 1.165) is 0 Å². The minimum Gasteiger partial charge on any atom is -0.481 e. The monoisotopic (exact) mass is 272 g/mol. The summed E-state index contributed by atoms with van der Waals surface area (Å²) in [5.74, 6) is -0.571. The molecule has 1 saturated heterocycles. The number of hydrogen-bond acceptors (Lipinski definition) is 3. The van der Waals surface area contributed by atoms with E-state index in [1.54, 1.807) is 11.8 Å². The maximum atomic E-state index is 12.1. The Balaban J connectivity index is 2.67. The van der Waals surface area contributed by atoms with Gasteiger partial charge in [0.25, 0.3) is 0 Å². The molecule has 0 aromatic rings. The van der Waals surface area contributed by atoms with Crippen molar-refractivity contribution in [1.82, 2.24) is 10.2 Å². The second-order valence-corrected chi connectivity index (χ2v) is 5.67. The normalized spacial score (nSPS) is 26.5. The number of amides is 2. The van der Waals surface area contributed by atoms with Crippen LogP contribution in [0.1, 0.15) is 27.7 Å². The molecule has 0 saturated carbocycles. The third-order valence-corrected chi connectivity index (χ3v) is 3.50. The zero-order valence-electron chi connectivity index (χ0n) is 12.1. The topological polar surface area (TPSA) is 78.9 Å². The van der Waals surface area contributed by atoms with Crippen molar-refractivity contribution in [3.8, 4) is 0 Å². The fourth-order valence-corrected chi connectivity index (χ4v) is 2.12.